The molecule has 2 rings (SSSR count). The van der Waals surface area contributed by atoms with Crippen LogP contribution in [0.25, 0.3) is 0 Å². The molecule has 3 nitrogen and oxygen atoms in total. The summed E-state index contributed by atoms with van der Waals surface area (Å²) in [5.41, 5.74) is 1.13. The lowest BCUT2D eigenvalue weighted by Gasteiger charge is -2.41. The van der Waals surface area contributed by atoms with Crippen molar-refractivity contribution in [3.8, 4) is 0 Å². The minimum absolute atomic E-state index is 0.0283. The lowest BCUT2D eigenvalue weighted by molar-refractivity contribution is 0.0220. The predicted octanol–water partition coefficient (Wildman–Crippen LogP) is 3.71. The molecule has 0 radical (unpaired) electrons. The van der Waals surface area contributed by atoms with Crippen molar-refractivity contribution in [3.63, 3.8) is 0 Å². The molecule has 5 heteroatoms. The Morgan fingerprint density at radius 2 is 1.96 bits per heavy atom. The monoisotopic (exact) mass is 368 g/mol. The third-order valence-corrected chi connectivity index (χ3v) is 7.89. The zero-order valence-electron chi connectivity index (χ0n) is 14.3. The summed E-state index contributed by atoms with van der Waals surface area (Å²) < 4.78 is 5.67. The number of hydrogen-bond acceptors (Lipinski definition) is 5. The number of thioether (sulfide) groups is 2. The van der Waals surface area contributed by atoms with Gasteiger partial charge in [0.15, 0.2) is 0 Å². The summed E-state index contributed by atoms with van der Waals surface area (Å²) in [7, 11) is 0. The maximum atomic E-state index is 10.5. The molecule has 2 N–H and O–H groups in total. The topological polar surface area (TPSA) is 49.7 Å². The number of aliphatic hydroxyl groups excluding tert-OH is 2. The van der Waals surface area contributed by atoms with Gasteiger partial charge in [-0.2, -0.15) is 0 Å². The van der Waals surface area contributed by atoms with Gasteiger partial charge in [-0.25, -0.2) is 0 Å². The van der Waals surface area contributed by atoms with Crippen LogP contribution in [0.4, 0.5) is 0 Å². The molecule has 0 unspecified atom stereocenters. The van der Waals surface area contributed by atoms with Gasteiger partial charge in [-0.15, -0.1) is 23.5 Å². The first-order valence-corrected chi connectivity index (χ1v) is 10.5. The van der Waals surface area contributed by atoms with Crippen molar-refractivity contribution in [2.45, 2.75) is 36.6 Å². The van der Waals surface area contributed by atoms with E-state index in [1.807, 2.05) is 53.9 Å². The minimum Gasteiger partial charge on any atom is -0.392 e. The van der Waals surface area contributed by atoms with E-state index in [1.54, 1.807) is 6.08 Å². The molecule has 24 heavy (non-hydrogen) atoms. The Labute approximate surface area is 153 Å². The highest BCUT2D eigenvalue weighted by molar-refractivity contribution is 8.18. The summed E-state index contributed by atoms with van der Waals surface area (Å²) in [6, 6.07) is 10.0. The van der Waals surface area contributed by atoms with Gasteiger partial charge in [0.05, 0.1) is 30.0 Å². The quantitative estimate of drug-likeness (QED) is 0.651. The van der Waals surface area contributed by atoms with Crippen molar-refractivity contribution in [2.24, 2.45) is 5.92 Å². The molecule has 1 aliphatic heterocycles. The Kier molecular flexibility index (Phi) is 8.70. The van der Waals surface area contributed by atoms with E-state index in [1.165, 1.54) is 6.42 Å². The summed E-state index contributed by atoms with van der Waals surface area (Å²) in [4.78, 5) is 0. The summed E-state index contributed by atoms with van der Waals surface area (Å²) in [6.07, 6.45) is 5.32. The predicted molar refractivity (Wildman–Crippen MR) is 104 cm³/mol. The van der Waals surface area contributed by atoms with Gasteiger partial charge in [0.1, 0.15) is 0 Å². The van der Waals surface area contributed by atoms with E-state index >= 15 is 0 Å². The van der Waals surface area contributed by atoms with E-state index in [2.05, 4.69) is 13.0 Å². The first kappa shape index (κ1) is 19.9. The fraction of sp³-hybridized carbons (Fsp3) is 0.579. The number of benzene rings is 1. The van der Waals surface area contributed by atoms with Crippen molar-refractivity contribution in [2.75, 3.05) is 24.7 Å². The largest absolute Gasteiger partial charge is 0.392 e. The molecular weight excluding hydrogens is 340 g/mol. The van der Waals surface area contributed by atoms with Crippen LogP contribution in [0.15, 0.2) is 42.5 Å². The third-order valence-electron chi connectivity index (χ3n) is 4.15. The SMILES string of the molecule is C[C@@H](/C=C\CO)C1(C[C@H](O)COCc2ccccc2)SCCCS1. The van der Waals surface area contributed by atoms with Crippen LogP contribution in [-0.4, -0.2) is 45.1 Å². The van der Waals surface area contributed by atoms with E-state index in [4.69, 9.17) is 9.84 Å². The number of ether oxygens (including phenoxy) is 1. The summed E-state index contributed by atoms with van der Waals surface area (Å²) in [5, 5.41) is 19.5. The molecule has 1 fully saturated rings. The van der Waals surface area contributed by atoms with Crippen LogP contribution in [0.1, 0.15) is 25.3 Å². The normalized spacial score (nSPS) is 20.1. The highest BCUT2D eigenvalue weighted by atomic mass is 32.2. The molecule has 1 saturated heterocycles. The van der Waals surface area contributed by atoms with Gasteiger partial charge >= 0.3 is 0 Å². The summed E-state index contributed by atoms with van der Waals surface area (Å²) in [6.45, 7) is 3.13. The molecule has 134 valence electrons. The molecule has 1 aliphatic rings. The Balaban J connectivity index is 1.87. The Morgan fingerprint density at radius 3 is 2.62 bits per heavy atom. The highest BCUT2D eigenvalue weighted by Gasteiger charge is 2.39. The van der Waals surface area contributed by atoms with Crippen molar-refractivity contribution in [1.82, 2.24) is 0 Å². The zero-order valence-corrected chi connectivity index (χ0v) is 15.9. The molecule has 0 aromatic heterocycles. The summed E-state index contributed by atoms with van der Waals surface area (Å²) >= 11 is 3.88. The van der Waals surface area contributed by atoms with Crippen LogP contribution in [0.2, 0.25) is 0 Å². The molecule has 1 heterocycles. The second kappa shape index (κ2) is 10.5. The molecular formula is C19H28O3S2. The lowest BCUT2D eigenvalue weighted by atomic mass is 10.0. The third kappa shape index (κ3) is 6.12. The van der Waals surface area contributed by atoms with Crippen LogP contribution in [0.3, 0.4) is 0 Å². The van der Waals surface area contributed by atoms with Gasteiger partial charge < -0.3 is 14.9 Å². The standard InChI is InChI=1S/C19H28O3S2/c1-16(7-5-10-20)19(23-11-6-12-24-19)13-18(21)15-22-14-17-8-3-2-4-9-17/h2-5,7-9,16,18,20-21H,6,10-15H2,1H3/b7-5-/t16-,18-/m0/s1. The van der Waals surface area contributed by atoms with Crippen molar-refractivity contribution in [3.05, 3.63) is 48.0 Å². The second-order valence-corrected chi connectivity index (χ2v) is 9.23. The number of rotatable bonds is 9. The number of hydrogen-bond donors (Lipinski definition) is 2. The van der Waals surface area contributed by atoms with E-state index < -0.39 is 6.10 Å². The first-order chi connectivity index (χ1) is 11.7. The second-order valence-electron chi connectivity index (χ2n) is 6.12. The summed E-state index contributed by atoms with van der Waals surface area (Å²) in [5.74, 6) is 2.55. The smallest absolute Gasteiger partial charge is 0.0795 e. The van der Waals surface area contributed by atoms with Crippen LogP contribution in [-0.2, 0) is 11.3 Å². The van der Waals surface area contributed by atoms with Gasteiger partial charge in [-0.1, -0.05) is 49.4 Å². The molecule has 1 aromatic rings. The average Bonchev–Trinajstić information content (AvgIpc) is 2.61. The minimum atomic E-state index is -0.475. The van der Waals surface area contributed by atoms with E-state index in [0.717, 1.165) is 17.1 Å². The first-order valence-electron chi connectivity index (χ1n) is 8.51. The van der Waals surface area contributed by atoms with Gasteiger partial charge in [0.2, 0.25) is 0 Å². The van der Waals surface area contributed by atoms with Crippen LogP contribution >= 0.6 is 23.5 Å². The Bertz CT molecular complexity index is 487. The van der Waals surface area contributed by atoms with Crippen LogP contribution in [0, 0.1) is 5.92 Å². The van der Waals surface area contributed by atoms with Gasteiger partial charge in [-0.05, 0) is 35.8 Å². The van der Waals surface area contributed by atoms with Crippen molar-refractivity contribution >= 4 is 23.5 Å². The highest BCUT2D eigenvalue weighted by Crippen LogP contribution is 2.51. The molecule has 0 aliphatic carbocycles. The molecule has 0 spiro atoms. The van der Waals surface area contributed by atoms with Gasteiger partial charge in [-0.3, -0.25) is 0 Å². The average molecular weight is 369 g/mol. The number of aliphatic hydroxyl groups is 2. The van der Waals surface area contributed by atoms with Crippen molar-refractivity contribution in [1.29, 1.82) is 0 Å². The Hall–Kier alpha value is -0.460. The fourth-order valence-electron chi connectivity index (χ4n) is 2.84. The van der Waals surface area contributed by atoms with Gasteiger partial charge in [0.25, 0.3) is 0 Å². The van der Waals surface area contributed by atoms with E-state index in [-0.39, 0.29) is 10.7 Å². The van der Waals surface area contributed by atoms with Crippen LogP contribution < -0.4 is 0 Å². The Morgan fingerprint density at radius 1 is 1.25 bits per heavy atom. The molecule has 2 atom stereocenters. The molecule has 0 bridgehead atoms. The number of allylic oxidation sites excluding steroid dienone is 1. The lowest BCUT2D eigenvalue weighted by Crippen LogP contribution is -2.37. The molecule has 1 aromatic carbocycles. The maximum Gasteiger partial charge on any atom is 0.0795 e. The zero-order chi connectivity index (χ0) is 17.3. The van der Waals surface area contributed by atoms with E-state index in [0.29, 0.717) is 25.6 Å². The molecule has 0 saturated carbocycles. The fourth-order valence-corrected chi connectivity index (χ4v) is 6.43. The maximum absolute atomic E-state index is 10.5. The molecule has 0 amide bonds. The van der Waals surface area contributed by atoms with E-state index in [9.17, 15) is 5.11 Å². The van der Waals surface area contributed by atoms with Gasteiger partial charge in [0, 0.05) is 0 Å². The van der Waals surface area contributed by atoms with Crippen molar-refractivity contribution < 1.29 is 14.9 Å². The van der Waals surface area contributed by atoms with Crippen LogP contribution in [0.5, 0.6) is 0 Å².